The third kappa shape index (κ3) is 8.21. The third-order valence-electron chi connectivity index (χ3n) is 5.53. The van der Waals surface area contributed by atoms with Crippen molar-refractivity contribution >= 4 is 27.7 Å². The monoisotopic (exact) mass is 466 g/mol. The third-order valence-corrected chi connectivity index (χ3v) is 6.25. The summed E-state index contributed by atoms with van der Waals surface area (Å²) < 4.78 is 25.1. The average Bonchev–Trinajstić information content (AvgIpc) is 2.72. The number of hydrogen-bond acceptors (Lipinski definition) is 6. The van der Waals surface area contributed by atoms with Crippen molar-refractivity contribution in [3.8, 4) is 0 Å². The second-order valence-electron chi connectivity index (χ2n) is 8.41. The molecule has 178 valence electrons. The minimum Gasteiger partial charge on any atom is -0.384 e. The van der Waals surface area contributed by atoms with E-state index < -0.39 is 22.1 Å². The minimum absolute atomic E-state index is 0.0184. The fourth-order valence-electron chi connectivity index (χ4n) is 3.62. The molecule has 11 heteroatoms. The van der Waals surface area contributed by atoms with Crippen molar-refractivity contribution in [2.75, 3.05) is 25.9 Å². The van der Waals surface area contributed by atoms with Crippen molar-refractivity contribution in [2.45, 2.75) is 45.3 Å². The number of amides is 2. The van der Waals surface area contributed by atoms with Crippen LogP contribution in [-0.4, -0.2) is 68.9 Å². The number of hydrogen-bond donors (Lipinski definition) is 5. The lowest BCUT2D eigenvalue weighted by Crippen LogP contribution is -2.56. The lowest BCUT2D eigenvalue weighted by Gasteiger charge is -2.37. The maximum Gasteiger partial charge on any atom is 0.242 e. The lowest BCUT2D eigenvalue weighted by atomic mass is 9.91. The van der Waals surface area contributed by atoms with Crippen molar-refractivity contribution in [1.29, 1.82) is 5.41 Å². The predicted molar refractivity (Wildman–Crippen MR) is 124 cm³/mol. The summed E-state index contributed by atoms with van der Waals surface area (Å²) >= 11 is 0. The van der Waals surface area contributed by atoms with Gasteiger partial charge in [-0.05, 0) is 37.8 Å². The van der Waals surface area contributed by atoms with Gasteiger partial charge in [-0.2, -0.15) is 0 Å². The molecule has 6 N–H and O–H groups in total. The molecule has 32 heavy (non-hydrogen) atoms. The molecule has 0 aromatic heterocycles. The summed E-state index contributed by atoms with van der Waals surface area (Å²) in [5.74, 6) is -0.186. The minimum atomic E-state index is -3.29. The number of piperidine rings is 1. The zero-order chi connectivity index (χ0) is 23.9. The van der Waals surface area contributed by atoms with E-state index in [1.54, 1.807) is 31.2 Å². The summed E-state index contributed by atoms with van der Waals surface area (Å²) in [6, 6.07) is 5.87. The van der Waals surface area contributed by atoms with E-state index in [-0.39, 0.29) is 24.2 Å². The van der Waals surface area contributed by atoms with Crippen molar-refractivity contribution in [3.63, 3.8) is 0 Å². The van der Waals surface area contributed by atoms with Crippen LogP contribution in [0.15, 0.2) is 24.3 Å². The first kappa shape index (κ1) is 25.8. The first-order chi connectivity index (χ1) is 15.0. The molecule has 2 rings (SSSR count). The highest BCUT2D eigenvalue weighted by Gasteiger charge is 2.32. The van der Waals surface area contributed by atoms with E-state index in [2.05, 4.69) is 22.3 Å². The van der Waals surface area contributed by atoms with Gasteiger partial charge in [0.1, 0.15) is 11.9 Å². The number of nitrogens with two attached hydrogens (primary N) is 1. The molecule has 0 unspecified atom stereocenters. The number of likely N-dealkylation sites (tertiary alicyclic amines) is 1. The molecule has 0 bridgehead atoms. The Labute approximate surface area is 189 Å². The zero-order valence-electron chi connectivity index (χ0n) is 18.8. The van der Waals surface area contributed by atoms with Gasteiger partial charge in [0.15, 0.2) is 0 Å². The molecule has 0 radical (unpaired) electrons. The second-order valence-corrected chi connectivity index (χ2v) is 10.2. The van der Waals surface area contributed by atoms with Crippen LogP contribution < -0.4 is 21.1 Å². The van der Waals surface area contributed by atoms with Crippen LogP contribution in [0.5, 0.6) is 0 Å². The van der Waals surface area contributed by atoms with E-state index in [4.69, 9.17) is 11.1 Å². The highest BCUT2D eigenvalue weighted by atomic mass is 32.2. The van der Waals surface area contributed by atoms with Crippen molar-refractivity contribution < 1.29 is 18.0 Å². The van der Waals surface area contributed by atoms with Crippen molar-refractivity contribution in [1.82, 2.24) is 20.3 Å². The van der Waals surface area contributed by atoms with Gasteiger partial charge in [0.2, 0.25) is 21.8 Å². The number of benzene rings is 1. The summed E-state index contributed by atoms with van der Waals surface area (Å²) in [5, 5.41) is 13.0. The number of nitrogen functional groups attached to an aromatic ring is 1. The van der Waals surface area contributed by atoms with E-state index in [0.29, 0.717) is 37.5 Å². The highest BCUT2D eigenvalue weighted by Crippen LogP contribution is 2.22. The molecular weight excluding hydrogens is 432 g/mol. The lowest BCUT2D eigenvalue weighted by molar-refractivity contribution is -0.133. The molecule has 3 atom stereocenters. The molecular formula is C21H34N6O4S. The van der Waals surface area contributed by atoms with Gasteiger partial charge in [-0.15, -0.1) is 0 Å². The van der Waals surface area contributed by atoms with Gasteiger partial charge in [0.05, 0.1) is 12.3 Å². The Morgan fingerprint density at radius 1 is 1.28 bits per heavy atom. The summed E-state index contributed by atoms with van der Waals surface area (Å²) in [7, 11) is -3.29. The Morgan fingerprint density at radius 2 is 1.94 bits per heavy atom. The second kappa shape index (κ2) is 11.4. The Kier molecular flexibility index (Phi) is 9.17. The van der Waals surface area contributed by atoms with Gasteiger partial charge in [0.25, 0.3) is 0 Å². The molecule has 1 fully saturated rings. The van der Waals surface area contributed by atoms with Gasteiger partial charge < -0.3 is 16.4 Å². The SMILES string of the molecule is C[C@H]1CCN(CCNS(C)(=O)=O)[C@@H](C(=O)N[C@@H](C)C(=O)NCc2ccc(C(=N)N)cc2)C1. The topological polar surface area (TPSA) is 157 Å². The van der Waals surface area contributed by atoms with Crippen molar-refractivity contribution in [2.24, 2.45) is 11.7 Å². The van der Waals surface area contributed by atoms with Crippen LogP contribution in [0, 0.1) is 11.3 Å². The number of sulfonamides is 1. The van der Waals surface area contributed by atoms with Gasteiger partial charge >= 0.3 is 0 Å². The van der Waals surface area contributed by atoms with Crippen LogP contribution in [0.4, 0.5) is 0 Å². The predicted octanol–water partition coefficient (Wildman–Crippen LogP) is -0.259. The normalized spacial score (nSPS) is 20.3. The van der Waals surface area contributed by atoms with Crippen LogP contribution in [0.3, 0.4) is 0 Å². The number of rotatable bonds is 10. The zero-order valence-corrected chi connectivity index (χ0v) is 19.7. The van der Waals surface area contributed by atoms with Crippen LogP contribution >= 0.6 is 0 Å². The standard InChI is InChI=1S/C21H34N6O4S/c1-14-8-10-27(11-9-25-32(3,30)31)18(12-14)21(29)26-15(2)20(28)24-13-16-4-6-17(7-5-16)19(22)23/h4-7,14-15,18,25H,8-13H2,1-3H3,(H3,22,23)(H,24,28)(H,26,29)/t14-,15-,18+/m0/s1. The molecule has 1 aliphatic heterocycles. The maximum absolute atomic E-state index is 12.9. The van der Waals surface area contributed by atoms with E-state index >= 15 is 0 Å². The molecule has 1 aliphatic rings. The number of carbonyl (C=O) groups is 2. The molecule has 1 aromatic rings. The maximum atomic E-state index is 12.9. The number of nitrogens with one attached hydrogen (secondary N) is 4. The summed E-state index contributed by atoms with van der Waals surface area (Å²) in [6.07, 6.45) is 2.69. The van der Waals surface area contributed by atoms with Gasteiger partial charge in [-0.1, -0.05) is 31.2 Å². The smallest absolute Gasteiger partial charge is 0.242 e. The van der Waals surface area contributed by atoms with Crippen LogP contribution in [0.1, 0.15) is 37.8 Å². The van der Waals surface area contributed by atoms with E-state index in [1.807, 2.05) is 4.90 Å². The fourth-order valence-corrected chi connectivity index (χ4v) is 4.09. The van der Waals surface area contributed by atoms with E-state index in [0.717, 1.165) is 18.2 Å². The molecule has 1 heterocycles. The summed E-state index contributed by atoms with van der Waals surface area (Å²) in [5.41, 5.74) is 6.90. The molecule has 0 saturated carbocycles. The number of carbonyl (C=O) groups excluding carboxylic acids is 2. The number of nitrogens with zero attached hydrogens (tertiary/aromatic N) is 1. The average molecular weight is 467 g/mol. The molecule has 1 aromatic carbocycles. The largest absolute Gasteiger partial charge is 0.384 e. The Balaban J connectivity index is 1.88. The first-order valence-corrected chi connectivity index (χ1v) is 12.6. The van der Waals surface area contributed by atoms with Gasteiger partial charge in [-0.3, -0.25) is 19.9 Å². The fraction of sp³-hybridized carbons (Fsp3) is 0.571. The molecule has 2 amide bonds. The highest BCUT2D eigenvalue weighted by molar-refractivity contribution is 7.88. The van der Waals surface area contributed by atoms with Crippen LogP contribution in [0.2, 0.25) is 0 Å². The van der Waals surface area contributed by atoms with Gasteiger partial charge in [-0.25, -0.2) is 13.1 Å². The summed E-state index contributed by atoms with van der Waals surface area (Å²) in [4.78, 5) is 27.3. The van der Waals surface area contributed by atoms with Crippen molar-refractivity contribution in [3.05, 3.63) is 35.4 Å². The van der Waals surface area contributed by atoms with Crippen LogP contribution in [-0.2, 0) is 26.2 Å². The summed E-state index contributed by atoms with van der Waals surface area (Å²) in [6.45, 7) is 5.36. The van der Waals surface area contributed by atoms with Gasteiger partial charge in [0, 0.05) is 25.2 Å². The molecule has 10 nitrogen and oxygen atoms in total. The Morgan fingerprint density at radius 3 is 2.53 bits per heavy atom. The molecule has 0 aliphatic carbocycles. The van der Waals surface area contributed by atoms with E-state index in [9.17, 15) is 18.0 Å². The number of amidine groups is 1. The first-order valence-electron chi connectivity index (χ1n) is 10.7. The quantitative estimate of drug-likeness (QED) is 0.236. The Hall–Kier alpha value is -2.50. The van der Waals surface area contributed by atoms with E-state index in [1.165, 1.54) is 0 Å². The van der Waals surface area contributed by atoms with Crippen LogP contribution in [0.25, 0.3) is 0 Å². The Bertz CT molecular complexity index is 919. The molecule has 1 saturated heterocycles. The molecule has 0 spiro atoms.